The number of fused-ring (bicyclic) bond motifs is 1. The van der Waals surface area contributed by atoms with Gasteiger partial charge in [-0.1, -0.05) is 31.2 Å². The molecule has 15 heavy (non-hydrogen) atoms. The Balaban J connectivity index is 2.29. The molecule has 0 aliphatic heterocycles. The van der Waals surface area contributed by atoms with Gasteiger partial charge >= 0.3 is 5.97 Å². The van der Waals surface area contributed by atoms with Crippen molar-refractivity contribution in [3.8, 4) is 0 Å². The van der Waals surface area contributed by atoms with E-state index in [-0.39, 0.29) is 12.1 Å². The Morgan fingerprint density at radius 1 is 1.40 bits per heavy atom. The molecule has 0 amide bonds. The van der Waals surface area contributed by atoms with Crippen LogP contribution in [0.5, 0.6) is 0 Å². The minimum Gasteiger partial charge on any atom is -0.458 e. The molecule has 0 spiro atoms. The van der Waals surface area contributed by atoms with Crippen molar-refractivity contribution in [2.45, 2.75) is 32.8 Å². The summed E-state index contributed by atoms with van der Waals surface area (Å²) in [7, 11) is 0. The maximum Gasteiger partial charge on any atom is 0.303 e. The van der Waals surface area contributed by atoms with Crippen molar-refractivity contribution in [2.24, 2.45) is 5.92 Å². The third-order valence-electron chi connectivity index (χ3n) is 2.90. The molecule has 0 saturated heterocycles. The molecule has 0 fully saturated rings. The summed E-state index contributed by atoms with van der Waals surface area (Å²) in [6, 6.07) is 8.24. The maximum atomic E-state index is 11.0. The Hall–Kier alpha value is -1.31. The summed E-state index contributed by atoms with van der Waals surface area (Å²) in [4.78, 5) is 11.0. The average Bonchev–Trinajstić information content (AvgIpc) is 2.16. The average molecular weight is 204 g/mol. The summed E-state index contributed by atoms with van der Waals surface area (Å²) in [5, 5.41) is 0. The van der Waals surface area contributed by atoms with Crippen molar-refractivity contribution >= 4 is 5.97 Å². The molecular weight excluding hydrogens is 188 g/mol. The third kappa shape index (κ3) is 2.20. The first-order chi connectivity index (χ1) is 7.16. The highest BCUT2D eigenvalue weighted by molar-refractivity contribution is 5.66. The minimum atomic E-state index is -0.191. The summed E-state index contributed by atoms with van der Waals surface area (Å²) in [6.07, 6.45) is 1.99. The first-order valence-electron chi connectivity index (χ1n) is 5.42. The minimum absolute atomic E-state index is 0.0394. The van der Waals surface area contributed by atoms with Crippen molar-refractivity contribution in [1.29, 1.82) is 0 Å². The molecule has 1 aromatic rings. The Kier molecular flexibility index (Phi) is 2.76. The summed E-state index contributed by atoms with van der Waals surface area (Å²) >= 11 is 0. The van der Waals surface area contributed by atoms with Crippen molar-refractivity contribution in [3.63, 3.8) is 0 Å². The van der Waals surface area contributed by atoms with Gasteiger partial charge in [0.1, 0.15) is 6.10 Å². The first-order valence-corrected chi connectivity index (χ1v) is 5.42. The SMILES string of the molecule is CC(=O)O[C@H]1C[C@@H](C)Cc2ccccc21. The predicted molar refractivity (Wildman–Crippen MR) is 58.4 cm³/mol. The standard InChI is InChI=1S/C13H16O2/c1-9-7-11-5-3-4-6-12(11)13(8-9)15-10(2)14/h3-6,9,13H,7-8H2,1-2H3/t9-,13-/m0/s1. The Morgan fingerprint density at radius 3 is 2.87 bits per heavy atom. The van der Waals surface area contributed by atoms with Crippen molar-refractivity contribution in [3.05, 3.63) is 35.4 Å². The number of carbonyl (C=O) groups excluding carboxylic acids is 1. The molecule has 1 aromatic carbocycles. The molecule has 0 radical (unpaired) electrons. The molecule has 2 atom stereocenters. The topological polar surface area (TPSA) is 26.3 Å². The van der Waals surface area contributed by atoms with E-state index in [1.165, 1.54) is 18.1 Å². The number of esters is 1. The molecule has 2 nitrogen and oxygen atoms in total. The van der Waals surface area contributed by atoms with Gasteiger partial charge in [0.15, 0.2) is 0 Å². The van der Waals surface area contributed by atoms with Crippen LogP contribution in [0.15, 0.2) is 24.3 Å². The summed E-state index contributed by atoms with van der Waals surface area (Å²) in [6.45, 7) is 3.67. The fourth-order valence-corrected chi connectivity index (χ4v) is 2.30. The fraction of sp³-hybridized carbons (Fsp3) is 0.462. The van der Waals surface area contributed by atoms with Crippen LogP contribution in [-0.4, -0.2) is 5.97 Å². The molecule has 0 unspecified atom stereocenters. The van der Waals surface area contributed by atoms with Crippen LogP contribution < -0.4 is 0 Å². The maximum absolute atomic E-state index is 11.0. The van der Waals surface area contributed by atoms with Crippen LogP contribution in [0.1, 0.15) is 37.5 Å². The van der Waals surface area contributed by atoms with Crippen LogP contribution in [0.2, 0.25) is 0 Å². The largest absolute Gasteiger partial charge is 0.458 e. The molecule has 0 saturated carbocycles. The third-order valence-corrected chi connectivity index (χ3v) is 2.90. The summed E-state index contributed by atoms with van der Waals surface area (Å²) in [5.74, 6) is 0.396. The second-order valence-corrected chi connectivity index (χ2v) is 4.34. The van der Waals surface area contributed by atoms with Crippen molar-refractivity contribution < 1.29 is 9.53 Å². The van der Waals surface area contributed by atoms with E-state index in [0.717, 1.165) is 12.8 Å². The van der Waals surface area contributed by atoms with E-state index < -0.39 is 0 Å². The molecule has 0 bridgehead atoms. The monoisotopic (exact) mass is 204 g/mol. The Labute approximate surface area is 90.3 Å². The molecule has 0 aromatic heterocycles. The number of hydrogen-bond acceptors (Lipinski definition) is 2. The van der Waals surface area contributed by atoms with Gasteiger partial charge < -0.3 is 4.74 Å². The second kappa shape index (κ2) is 4.05. The molecule has 1 aliphatic rings. The fourth-order valence-electron chi connectivity index (χ4n) is 2.30. The predicted octanol–water partition coefficient (Wildman–Crippen LogP) is 2.87. The van der Waals surface area contributed by atoms with E-state index in [1.54, 1.807) is 0 Å². The van der Waals surface area contributed by atoms with Crippen LogP contribution in [-0.2, 0) is 16.0 Å². The molecule has 80 valence electrons. The van der Waals surface area contributed by atoms with Crippen LogP contribution in [0.4, 0.5) is 0 Å². The van der Waals surface area contributed by atoms with Gasteiger partial charge in [0, 0.05) is 6.92 Å². The van der Waals surface area contributed by atoms with Crippen molar-refractivity contribution in [1.82, 2.24) is 0 Å². The lowest BCUT2D eigenvalue weighted by Gasteiger charge is -2.29. The Bertz CT molecular complexity index is 371. The molecule has 2 rings (SSSR count). The normalized spacial score (nSPS) is 24.4. The lowest BCUT2D eigenvalue weighted by atomic mass is 9.83. The van der Waals surface area contributed by atoms with Gasteiger partial charge in [0.05, 0.1) is 0 Å². The van der Waals surface area contributed by atoms with E-state index >= 15 is 0 Å². The van der Waals surface area contributed by atoms with Gasteiger partial charge in [-0.05, 0) is 29.9 Å². The smallest absolute Gasteiger partial charge is 0.303 e. The zero-order chi connectivity index (χ0) is 10.8. The van der Waals surface area contributed by atoms with Gasteiger partial charge in [-0.15, -0.1) is 0 Å². The molecular formula is C13H16O2. The van der Waals surface area contributed by atoms with Crippen LogP contribution in [0.25, 0.3) is 0 Å². The number of benzene rings is 1. The quantitative estimate of drug-likeness (QED) is 0.657. The van der Waals surface area contributed by atoms with E-state index in [4.69, 9.17) is 4.74 Å². The van der Waals surface area contributed by atoms with Crippen LogP contribution in [0.3, 0.4) is 0 Å². The Morgan fingerprint density at radius 2 is 2.13 bits per heavy atom. The lowest BCUT2D eigenvalue weighted by Crippen LogP contribution is -2.20. The van der Waals surface area contributed by atoms with Crippen LogP contribution in [0, 0.1) is 5.92 Å². The first kappa shape index (κ1) is 10.2. The van der Waals surface area contributed by atoms with E-state index in [1.807, 2.05) is 12.1 Å². The number of carbonyl (C=O) groups is 1. The number of hydrogen-bond donors (Lipinski definition) is 0. The zero-order valence-electron chi connectivity index (χ0n) is 9.19. The molecule has 2 heteroatoms. The highest BCUT2D eigenvalue weighted by Gasteiger charge is 2.26. The van der Waals surface area contributed by atoms with Crippen LogP contribution >= 0.6 is 0 Å². The molecule has 0 N–H and O–H groups in total. The van der Waals surface area contributed by atoms with Gasteiger partial charge in [-0.3, -0.25) is 4.79 Å². The van der Waals surface area contributed by atoms with E-state index in [2.05, 4.69) is 19.1 Å². The van der Waals surface area contributed by atoms with Gasteiger partial charge in [-0.2, -0.15) is 0 Å². The molecule has 1 aliphatic carbocycles. The zero-order valence-corrected chi connectivity index (χ0v) is 9.19. The lowest BCUT2D eigenvalue weighted by molar-refractivity contribution is -0.147. The van der Waals surface area contributed by atoms with E-state index in [9.17, 15) is 4.79 Å². The van der Waals surface area contributed by atoms with Gasteiger partial charge in [-0.25, -0.2) is 0 Å². The van der Waals surface area contributed by atoms with Gasteiger partial charge in [0.2, 0.25) is 0 Å². The number of rotatable bonds is 1. The molecule has 0 heterocycles. The van der Waals surface area contributed by atoms with Gasteiger partial charge in [0.25, 0.3) is 0 Å². The summed E-state index contributed by atoms with van der Waals surface area (Å²) < 4.78 is 5.35. The highest BCUT2D eigenvalue weighted by atomic mass is 16.5. The highest BCUT2D eigenvalue weighted by Crippen LogP contribution is 2.35. The van der Waals surface area contributed by atoms with E-state index in [0.29, 0.717) is 5.92 Å². The second-order valence-electron chi connectivity index (χ2n) is 4.34. The van der Waals surface area contributed by atoms with Crippen molar-refractivity contribution in [2.75, 3.05) is 0 Å². The number of ether oxygens (including phenoxy) is 1. The summed E-state index contributed by atoms with van der Waals surface area (Å²) in [5.41, 5.74) is 2.51.